The van der Waals surface area contributed by atoms with E-state index in [0.29, 0.717) is 18.7 Å². The van der Waals surface area contributed by atoms with E-state index in [2.05, 4.69) is 10.6 Å². The number of carbonyl (C=O) groups excluding carboxylic acids is 2. The SMILES string of the molecule is COCCNC(=O)CSc1ccccc1C(=O)N1CCNCC1.Cl. The van der Waals surface area contributed by atoms with Crippen LogP contribution in [0.3, 0.4) is 0 Å². The second-order valence-corrected chi connectivity index (χ2v) is 6.19. The summed E-state index contributed by atoms with van der Waals surface area (Å²) < 4.78 is 4.90. The molecule has 0 spiro atoms. The van der Waals surface area contributed by atoms with Crippen molar-refractivity contribution in [2.24, 2.45) is 0 Å². The van der Waals surface area contributed by atoms with Gasteiger partial charge in [0.1, 0.15) is 0 Å². The Morgan fingerprint density at radius 3 is 2.71 bits per heavy atom. The van der Waals surface area contributed by atoms with Gasteiger partial charge in [0.15, 0.2) is 0 Å². The number of hydrogen-bond acceptors (Lipinski definition) is 5. The number of nitrogens with zero attached hydrogens (tertiary/aromatic N) is 1. The van der Waals surface area contributed by atoms with Gasteiger partial charge in [-0.15, -0.1) is 24.2 Å². The molecule has 1 heterocycles. The van der Waals surface area contributed by atoms with Gasteiger partial charge in [0.05, 0.1) is 17.9 Å². The Labute approximate surface area is 153 Å². The van der Waals surface area contributed by atoms with E-state index in [1.165, 1.54) is 11.8 Å². The summed E-state index contributed by atoms with van der Waals surface area (Å²) in [5.74, 6) is 0.265. The maximum absolute atomic E-state index is 12.6. The predicted octanol–water partition coefficient (Wildman–Crippen LogP) is 1.01. The molecule has 2 rings (SSSR count). The molecule has 0 aliphatic carbocycles. The highest BCUT2D eigenvalue weighted by Gasteiger charge is 2.20. The van der Waals surface area contributed by atoms with Crippen LogP contribution in [0.15, 0.2) is 29.2 Å². The lowest BCUT2D eigenvalue weighted by Crippen LogP contribution is -2.46. The summed E-state index contributed by atoms with van der Waals surface area (Å²) in [7, 11) is 1.60. The van der Waals surface area contributed by atoms with Gasteiger partial charge in [-0.3, -0.25) is 9.59 Å². The van der Waals surface area contributed by atoms with Crippen molar-refractivity contribution in [1.29, 1.82) is 0 Å². The fraction of sp³-hybridized carbons (Fsp3) is 0.500. The summed E-state index contributed by atoms with van der Waals surface area (Å²) in [6.07, 6.45) is 0. The molecule has 2 amide bonds. The summed E-state index contributed by atoms with van der Waals surface area (Å²) in [6, 6.07) is 7.47. The Morgan fingerprint density at radius 2 is 2.00 bits per heavy atom. The van der Waals surface area contributed by atoms with Crippen LogP contribution in [-0.4, -0.2) is 68.9 Å². The Hall–Kier alpha value is -1.28. The number of piperazine rings is 1. The highest BCUT2D eigenvalue weighted by atomic mass is 35.5. The van der Waals surface area contributed by atoms with E-state index in [-0.39, 0.29) is 30.0 Å². The molecule has 1 aliphatic rings. The number of nitrogens with one attached hydrogen (secondary N) is 2. The van der Waals surface area contributed by atoms with Gasteiger partial charge in [0, 0.05) is 44.7 Å². The Bertz CT molecular complexity index is 539. The highest BCUT2D eigenvalue weighted by Crippen LogP contribution is 2.23. The maximum atomic E-state index is 12.6. The number of halogens is 1. The molecule has 0 unspecified atom stereocenters. The molecule has 1 aliphatic heterocycles. The lowest BCUT2D eigenvalue weighted by atomic mass is 10.2. The number of ether oxygens (including phenoxy) is 1. The molecular weight excluding hydrogens is 350 g/mol. The molecule has 2 N–H and O–H groups in total. The largest absolute Gasteiger partial charge is 0.383 e. The van der Waals surface area contributed by atoms with Crippen LogP contribution in [0.25, 0.3) is 0 Å². The molecule has 0 atom stereocenters. The van der Waals surface area contributed by atoms with Gasteiger partial charge in [0.25, 0.3) is 5.91 Å². The first-order chi connectivity index (χ1) is 11.2. The fourth-order valence-corrected chi connectivity index (χ4v) is 3.17. The van der Waals surface area contributed by atoms with Crippen molar-refractivity contribution in [2.75, 3.05) is 52.2 Å². The first-order valence-electron chi connectivity index (χ1n) is 7.70. The minimum absolute atomic E-state index is 0. The Morgan fingerprint density at radius 1 is 1.29 bits per heavy atom. The van der Waals surface area contributed by atoms with Gasteiger partial charge >= 0.3 is 0 Å². The Balaban J connectivity index is 0.00000288. The van der Waals surface area contributed by atoms with E-state index in [9.17, 15) is 9.59 Å². The van der Waals surface area contributed by atoms with Gasteiger partial charge in [-0.05, 0) is 12.1 Å². The molecule has 0 bridgehead atoms. The third kappa shape index (κ3) is 6.32. The van der Waals surface area contributed by atoms with Crippen molar-refractivity contribution in [2.45, 2.75) is 4.90 Å². The third-order valence-corrected chi connectivity index (χ3v) is 4.58. The van der Waals surface area contributed by atoms with Gasteiger partial charge in [-0.2, -0.15) is 0 Å². The molecule has 134 valence electrons. The van der Waals surface area contributed by atoms with Crippen LogP contribution in [0.2, 0.25) is 0 Å². The average molecular weight is 374 g/mol. The molecule has 1 fully saturated rings. The molecule has 6 nitrogen and oxygen atoms in total. The summed E-state index contributed by atoms with van der Waals surface area (Å²) in [5.41, 5.74) is 0.670. The first kappa shape index (κ1) is 20.8. The second kappa shape index (κ2) is 11.3. The molecule has 1 aromatic carbocycles. The number of hydrogen-bond donors (Lipinski definition) is 2. The molecule has 0 aromatic heterocycles. The van der Waals surface area contributed by atoms with Crippen LogP contribution < -0.4 is 10.6 Å². The van der Waals surface area contributed by atoms with Gasteiger partial charge in [-0.1, -0.05) is 12.1 Å². The van der Waals surface area contributed by atoms with Crippen molar-refractivity contribution in [3.8, 4) is 0 Å². The third-order valence-electron chi connectivity index (χ3n) is 3.51. The normalized spacial score (nSPS) is 14.0. The predicted molar refractivity (Wildman–Crippen MR) is 98.1 cm³/mol. The zero-order valence-electron chi connectivity index (χ0n) is 13.7. The van der Waals surface area contributed by atoms with Crippen LogP contribution in [-0.2, 0) is 9.53 Å². The fourth-order valence-electron chi connectivity index (χ4n) is 2.29. The van der Waals surface area contributed by atoms with E-state index in [0.717, 1.165) is 31.1 Å². The summed E-state index contributed by atoms with van der Waals surface area (Å²) >= 11 is 1.39. The van der Waals surface area contributed by atoms with Crippen molar-refractivity contribution in [1.82, 2.24) is 15.5 Å². The number of thioether (sulfide) groups is 1. The monoisotopic (exact) mass is 373 g/mol. The van der Waals surface area contributed by atoms with Crippen LogP contribution >= 0.6 is 24.2 Å². The van der Waals surface area contributed by atoms with Gasteiger partial charge in [0.2, 0.25) is 5.91 Å². The number of methoxy groups -OCH3 is 1. The standard InChI is InChI=1S/C16H23N3O3S.ClH/c1-22-11-8-18-15(20)12-23-14-5-3-2-4-13(14)16(21)19-9-6-17-7-10-19;/h2-5,17H,6-12H2,1H3,(H,18,20);1H. The highest BCUT2D eigenvalue weighted by molar-refractivity contribution is 8.00. The summed E-state index contributed by atoms with van der Waals surface area (Å²) in [4.78, 5) is 27.1. The number of carbonyl (C=O) groups is 2. The number of amides is 2. The topological polar surface area (TPSA) is 70.7 Å². The van der Waals surface area contributed by atoms with Gasteiger partial charge < -0.3 is 20.3 Å². The van der Waals surface area contributed by atoms with Crippen LogP contribution in [0.1, 0.15) is 10.4 Å². The van der Waals surface area contributed by atoms with Crippen molar-refractivity contribution in [3.63, 3.8) is 0 Å². The minimum atomic E-state index is -0.0588. The Kier molecular flexibility index (Phi) is 9.78. The van der Waals surface area contributed by atoms with Crippen LogP contribution in [0, 0.1) is 0 Å². The summed E-state index contributed by atoms with van der Waals surface area (Å²) in [5, 5.41) is 6.02. The quantitative estimate of drug-likeness (QED) is 0.551. The second-order valence-electron chi connectivity index (χ2n) is 5.17. The lowest BCUT2D eigenvalue weighted by Gasteiger charge is -2.28. The molecular formula is C16H24ClN3O3S. The lowest BCUT2D eigenvalue weighted by molar-refractivity contribution is -0.118. The first-order valence-corrected chi connectivity index (χ1v) is 8.68. The van der Waals surface area contributed by atoms with Crippen molar-refractivity contribution < 1.29 is 14.3 Å². The molecule has 8 heteroatoms. The zero-order valence-corrected chi connectivity index (χ0v) is 15.4. The molecule has 0 saturated carbocycles. The molecule has 24 heavy (non-hydrogen) atoms. The van der Waals surface area contributed by atoms with E-state index in [4.69, 9.17) is 4.74 Å². The minimum Gasteiger partial charge on any atom is -0.383 e. The van der Waals surface area contributed by atoms with E-state index < -0.39 is 0 Å². The summed E-state index contributed by atoms with van der Waals surface area (Å²) in [6.45, 7) is 4.07. The van der Waals surface area contributed by atoms with E-state index in [1.807, 2.05) is 29.2 Å². The van der Waals surface area contributed by atoms with Crippen molar-refractivity contribution in [3.05, 3.63) is 29.8 Å². The zero-order chi connectivity index (χ0) is 16.5. The average Bonchev–Trinajstić information content (AvgIpc) is 2.60. The van der Waals surface area contributed by atoms with Gasteiger partial charge in [-0.25, -0.2) is 0 Å². The van der Waals surface area contributed by atoms with Crippen LogP contribution in [0.4, 0.5) is 0 Å². The van der Waals surface area contributed by atoms with Crippen molar-refractivity contribution >= 4 is 36.0 Å². The molecule has 1 saturated heterocycles. The van der Waals surface area contributed by atoms with Crippen LogP contribution in [0.5, 0.6) is 0 Å². The molecule has 1 aromatic rings. The van der Waals surface area contributed by atoms with E-state index in [1.54, 1.807) is 7.11 Å². The smallest absolute Gasteiger partial charge is 0.255 e. The number of benzene rings is 1. The maximum Gasteiger partial charge on any atom is 0.255 e. The van der Waals surface area contributed by atoms with E-state index >= 15 is 0 Å². The molecule has 0 radical (unpaired) electrons. The number of rotatable bonds is 7.